The third-order valence-corrected chi connectivity index (χ3v) is 6.50. The second-order valence-electron chi connectivity index (χ2n) is 8.44. The molecule has 6 nitrogen and oxygen atoms in total. The Balaban J connectivity index is 1.40. The predicted octanol–water partition coefficient (Wildman–Crippen LogP) is 5.21. The number of carbonyl (C=O) groups is 2. The first-order chi connectivity index (χ1) is 16.0. The number of hydrogen-bond acceptors (Lipinski definition) is 5. The Hall–Kier alpha value is -3.00. The third kappa shape index (κ3) is 6.07. The van der Waals surface area contributed by atoms with Crippen LogP contribution < -0.4 is 10.6 Å². The van der Waals surface area contributed by atoms with E-state index >= 15 is 0 Å². The Kier molecular flexibility index (Phi) is 7.54. The third-order valence-electron chi connectivity index (χ3n) is 5.67. The van der Waals surface area contributed by atoms with Crippen LogP contribution in [0.3, 0.4) is 0 Å². The lowest BCUT2D eigenvalue weighted by Crippen LogP contribution is -2.35. The monoisotopic (exact) mass is 463 g/mol. The summed E-state index contributed by atoms with van der Waals surface area (Å²) in [6, 6.07) is 17.2. The molecule has 172 valence electrons. The van der Waals surface area contributed by atoms with Crippen LogP contribution in [0.15, 0.2) is 60.0 Å². The quantitative estimate of drug-likeness (QED) is 0.505. The normalized spacial score (nSPS) is 14.3. The van der Waals surface area contributed by atoms with E-state index in [-0.39, 0.29) is 11.8 Å². The van der Waals surface area contributed by atoms with Crippen molar-refractivity contribution in [1.82, 2.24) is 4.90 Å². The molecule has 0 radical (unpaired) electrons. The smallest absolute Gasteiger partial charge is 0.258 e. The van der Waals surface area contributed by atoms with Crippen LogP contribution in [0.5, 0.6) is 0 Å². The summed E-state index contributed by atoms with van der Waals surface area (Å²) in [6.07, 6.45) is 0. The molecular weight excluding hydrogens is 434 g/mol. The van der Waals surface area contributed by atoms with Gasteiger partial charge in [0.1, 0.15) is 5.00 Å². The molecular formula is C26H29N3O3S. The van der Waals surface area contributed by atoms with Gasteiger partial charge in [-0.25, -0.2) is 0 Å². The van der Waals surface area contributed by atoms with Gasteiger partial charge in [0.2, 0.25) is 0 Å². The Labute approximate surface area is 198 Å². The van der Waals surface area contributed by atoms with Crippen molar-refractivity contribution in [2.45, 2.75) is 26.3 Å². The number of ether oxygens (including phenoxy) is 1. The van der Waals surface area contributed by atoms with E-state index in [1.165, 1.54) is 16.9 Å². The van der Waals surface area contributed by atoms with Crippen molar-refractivity contribution in [3.63, 3.8) is 0 Å². The zero-order valence-electron chi connectivity index (χ0n) is 19.0. The van der Waals surface area contributed by atoms with Crippen LogP contribution in [0.25, 0.3) is 0 Å². The maximum atomic E-state index is 13.0. The molecule has 0 atom stereocenters. The van der Waals surface area contributed by atoms with Crippen molar-refractivity contribution in [3.8, 4) is 0 Å². The van der Waals surface area contributed by atoms with Crippen LogP contribution >= 0.6 is 11.3 Å². The zero-order chi connectivity index (χ0) is 23.2. The average molecular weight is 464 g/mol. The van der Waals surface area contributed by atoms with Crippen LogP contribution in [0.1, 0.15) is 51.6 Å². The molecule has 0 bridgehead atoms. The zero-order valence-corrected chi connectivity index (χ0v) is 19.8. The van der Waals surface area contributed by atoms with Gasteiger partial charge in [0.05, 0.1) is 18.8 Å². The van der Waals surface area contributed by atoms with Gasteiger partial charge in [0, 0.05) is 30.9 Å². The van der Waals surface area contributed by atoms with Gasteiger partial charge in [-0.2, -0.15) is 0 Å². The predicted molar refractivity (Wildman–Crippen MR) is 133 cm³/mol. The fourth-order valence-electron chi connectivity index (χ4n) is 3.74. The topological polar surface area (TPSA) is 70.7 Å². The highest BCUT2D eigenvalue weighted by Gasteiger charge is 2.17. The Morgan fingerprint density at radius 1 is 1.00 bits per heavy atom. The first-order valence-electron chi connectivity index (χ1n) is 11.2. The maximum Gasteiger partial charge on any atom is 0.258 e. The van der Waals surface area contributed by atoms with E-state index in [4.69, 9.17) is 4.74 Å². The summed E-state index contributed by atoms with van der Waals surface area (Å²) >= 11 is 1.33. The van der Waals surface area contributed by atoms with E-state index in [1.807, 2.05) is 42.5 Å². The summed E-state index contributed by atoms with van der Waals surface area (Å²) in [5.41, 5.74) is 4.07. The number of hydrogen-bond donors (Lipinski definition) is 2. The van der Waals surface area contributed by atoms with Crippen LogP contribution in [-0.4, -0.2) is 43.0 Å². The number of benzene rings is 2. The molecule has 2 heterocycles. The maximum absolute atomic E-state index is 13.0. The minimum atomic E-state index is -0.245. The van der Waals surface area contributed by atoms with Crippen molar-refractivity contribution in [3.05, 3.63) is 82.2 Å². The average Bonchev–Trinajstić information content (AvgIpc) is 3.28. The van der Waals surface area contributed by atoms with E-state index in [1.54, 1.807) is 11.4 Å². The number of carbonyl (C=O) groups excluding carboxylic acids is 2. The van der Waals surface area contributed by atoms with Crippen molar-refractivity contribution in [2.75, 3.05) is 36.9 Å². The number of anilines is 2. The molecule has 0 unspecified atom stereocenters. The first kappa shape index (κ1) is 23.2. The van der Waals surface area contributed by atoms with Crippen LogP contribution in [0, 0.1) is 0 Å². The summed E-state index contributed by atoms with van der Waals surface area (Å²) in [4.78, 5) is 28.0. The summed E-state index contributed by atoms with van der Waals surface area (Å²) in [7, 11) is 0. The fraction of sp³-hybridized carbons (Fsp3) is 0.308. The molecule has 0 spiro atoms. The van der Waals surface area contributed by atoms with Crippen LogP contribution in [0.2, 0.25) is 0 Å². The van der Waals surface area contributed by atoms with Crippen molar-refractivity contribution in [1.29, 1.82) is 0 Å². The molecule has 2 amide bonds. The molecule has 2 N–H and O–H groups in total. The van der Waals surface area contributed by atoms with Gasteiger partial charge < -0.3 is 15.4 Å². The number of morpholine rings is 1. The number of nitrogens with zero attached hydrogens (tertiary/aromatic N) is 1. The molecule has 2 aromatic carbocycles. The van der Waals surface area contributed by atoms with E-state index in [2.05, 4.69) is 35.4 Å². The highest BCUT2D eigenvalue weighted by Crippen LogP contribution is 2.26. The van der Waals surface area contributed by atoms with Gasteiger partial charge in [-0.1, -0.05) is 38.1 Å². The molecule has 0 aliphatic carbocycles. The largest absolute Gasteiger partial charge is 0.379 e. The fourth-order valence-corrected chi connectivity index (χ4v) is 4.52. The second kappa shape index (κ2) is 10.7. The highest BCUT2D eigenvalue weighted by molar-refractivity contribution is 7.14. The summed E-state index contributed by atoms with van der Waals surface area (Å²) in [5, 5.41) is 8.20. The lowest BCUT2D eigenvalue weighted by atomic mass is 10.0. The van der Waals surface area contributed by atoms with Gasteiger partial charge >= 0.3 is 0 Å². The summed E-state index contributed by atoms with van der Waals surface area (Å²) in [5.74, 6) is -0.0679. The lowest BCUT2D eigenvalue weighted by molar-refractivity contribution is 0.0342. The molecule has 1 aliphatic rings. The molecule has 7 heteroatoms. The number of nitrogens with one attached hydrogen (secondary N) is 2. The minimum absolute atomic E-state index is 0.227. The Bertz CT molecular complexity index is 1100. The van der Waals surface area contributed by atoms with Gasteiger partial charge in [-0.3, -0.25) is 14.5 Å². The molecule has 1 aliphatic heterocycles. The SMILES string of the molecule is CC(C)c1ccc(C(=O)Nc2sccc2C(=O)Nc2cccc(CN3CCOCC3)c2)cc1. The summed E-state index contributed by atoms with van der Waals surface area (Å²) < 4.78 is 5.41. The van der Waals surface area contributed by atoms with Crippen molar-refractivity contribution < 1.29 is 14.3 Å². The first-order valence-corrected chi connectivity index (χ1v) is 12.1. The Morgan fingerprint density at radius 2 is 1.76 bits per heavy atom. The van der Waals surface area contributed by atoms with Gasteiger partial charge in [0.15, 0.2) is 0 Å². The summed E-state index contributed by atoms with van der Waals surface area (Å²) in [6.45, 7) is 8.38. The lowest BCUT2D eigenvalue weighted by Gasteiger charge is -2.26. The van der Waals surface area contributed by atoms with E-state index in [0.29, 0.717) is 22.0 Å². The minimum Gasteiger partial charge on any atom is -0.379 e. The van der Waals surface area contributed by atoms with Crippen molar-refractivity contribution in [2.24, 2.45) is 0 Å². The van der Waals surface area contributed by atoms with E-state index in [0.717, 1.165) is 44.1 Å². The molecule has 3 aromatic rings. The molecule has 1 fully saturated rings. The van der Waals surface area contributed by atoms with Gasteiger partial charge in [-0.15, -0.1) is 11.3 Å². The number of amides is 2. The number of thiophene rings is 1. The number of rotatable bonds is 7. The van der Waals surface area contributed by atoms with Gasteiger partial charge in [0.25, 0.3) is 11.8 Å². The van der Waals surface area contributed by atoms with Crippen molar-refractivity contribution >= 4 is 33.8 Å². The molecule has 4 rings (SSSR count). The second-order valence-corrected chi connectivity index (χ2v) is 9.35. The van der Waals surface area contributed by atoms with Gasteiger partial charge in [-0.05, 0) is 52.8 Å². The highest BCUT2D eigenvalue weighted by atomic mass is 32.1. The Morgan fingerprint density at radius 3 is 2.48 bits per heavy atom. The van der Waals surface area contributed by atoms with Crippen LogP contribution in [0.4, 0.5) is 10.7 Å². The van der Waals surface area contributed by atoms with Crippen LogP contribution in [-0.2, 0) is 11.3 Å². The van der Waals surface area contributed by atoms with E-state index in [9.17, 15) is 9.59 Å². The molecule has 33 heavy (non-hydrogen) atoms. The standard InChI is InChI=1S/C26H29N3O3S/c1-18(2)20-6-8-21(9-7-20)24(30)28-26-23(10-15-33-26)25(31)27-22-5-3-4-19(16-22)17-29-11-13-32-14-12-29/h3-10,15-16,18H,11-14,17H2,1-2H3,(H,27,31)(H,28,30). The molecule has 1 saturated heterocycles. The van der Waals surface area contributed by atoms with E-state index < -0.39 is 0 Å². The molecule has 0 saturated carbocycles. The molecule has 1 aromatic heterocycles.